The maximum absolute atomic E-state index is 12.5. The van der Waals surface area contributed by atoms with E-state index in [2.05, 4.69) is 4.74 Å². The predicted molar refractivity (Wildman–Crippen MR) is 40.7 cm³/mol. The molecule has 12 heavy (non-hydrogen) atoms. The van der Waals surface area contributed by atoms with Crippen LogP contribution >= 0.6 is 0 Å². The van der Waals surface area contributed by atoms with Gasteiger partial charge in [-0.25, -0.2) is 9.82 Å². The van der Waals surface area contributed by atoms with Crippen LogP contribution in [0.1, 0.15) is 6.42 Å². The quantitative estimate of drug-likeness (QED) is 0.228. The Balaban J connectivity index is 3.59. The third-order valence-corrected chi connectivity index (χ3v) is 1.37. The number of halogens is 1. The SMILES string of the molecule is COCC(O)C[C@@H](O)C(F)NN. The zero-order chi connectivity index (χ0) is 9.56. The lowest BCUT2D eigenvalue weighted by atomic mass is 10.1. The van der Waals surface area contributed by atoms with Gasteiger partial charge in [0.15, 0.2) is 6.30 Å². The summed E-state index contributed by atoms with van der Waals surface area (Å²) >= 11 is 0. The first-order valence-electron chi connectivity index (χ1n) is 3.57. The first kappa shape index (κ1) is 11.7. The Kier molecular flexibility index (Phi) is 6.13. The van der Waals surface area contributed by atoms with Crippen LogP contribution < -0.4 is 11.3 Å². The highest BCUT2D eigenvalue weighted by molar-refractivity contribution is 4.67. The van der Waals surface area contributed by atoms with Crippen LogP contribution in [0.4, 0.5) is 4.39 Å². The second-order valence-corrected chi connectivity index (χ2v) is 2.48. The van der Waals surface area contributed by atoms with Crippen molar-refractivity contribution in [3.8, 4) is 0 Å². The Morgan fingerprint density at radius 3 is 2.58 bits per heavy atom. The third kappa shape index (κ3) is 4.58. The number of hydrogen-bond acceptors (Lipinski definition) is 5. The molecule has 0 fully saturated rings. The van der Waals surface area contributed by atoms with E-state index in [1.807, 2.05) is 0 Å². The molecule has 0 bridgehead atoms. The van der Waals surface area contributed by atoms with E-state index >= 15 is 0 Å². The van der Waals surface area contributed by atoms with Gasteiger partial charge >= 0.3 is 0 Å². The molecule has 0 aliphatic carbocycles. The number of hydrazine groups is 1. The van der Waals surface area contributed by atoms with E-state index in [-0.39, 0.29) is 13.0 Å². The number of ether oxygens (including phenoxy) is 1. The second-order valence-electron chi connectivity index (χ2n) is 2.48. The lowest BCUT2D eigenvalue weighted by molar-refractivity contribution is -0.0105. The topological polar surface area (TPSA) is 87.7 Å². The Morgan fingerprint density at radius 1 is 1.58 bits per heavy atom. The molecule has 0 aliphatic heterocycles. The summed E-state index contributed by atoms with van der Waals surface area (Å²) in [5.74, 6) is 4.72. The number of rotatable bonds is 6. The summed E-state index contributed by atoms with van der Waals surface area (Å²) in [6.07, 6.45) is -4.03. The van der Waals surface area contributed by atoms with Crippen LogP contribution in [0.5, 0.6) is 0 Å². The zero-order valence-electron chi connectivity index (χ0n) is 6.90. The molecule has 0 spiro atoms. The number of methoxy groups -OCH3 is 1. The minimum Gasteiger partial charge on any atom is -0.391 e. The fraction of sp³-hybridized carbons (Fsp3) is 1.00. The molecule has 0 aromatic carbocycles. The molecule has 0 aliphatic rings. The van der Waals surface area contributed by atoms with E-state index in [0.29, 0.717) is 0 Å². The van der Waals surface area contributed by atoms with Crippen molar-refractivity contribution < 1.29 is 19.3 Å². The number of hydrogen-bond donors (Lipinski definition) is 4. The number of aliphatic hydroxyl groups is 2. The second kappa shape index (κ2) is 6.27. The maximum atomic E-state index is 12.5. The molecule has 5 N–H and O–H groups in total. The van der Waals surface area contributed by atoms with Gasteiger partial charge in [-0.2, -0.15) is 0 Å². The molecule has 0 aromatic rings. The largest absolute Gasteiger partial charge is 0.391 e. The Morgan fingerprint density at radius 2 is 2.17 bits per heavy atom. The summed E-state index contributed by atoms with van der Waals surface area (Å²) < 4.78 is 17.1. The predicted octanol–water partition coefficient (Wildman–Crippen LogP) is -1.50. The van der Waals surface area contributed by atoms with Gasteiger partial charge in [0.1, 0.15) is 6.10 Å². The van der Waals surface area contributed by atoms with Gasteiger partial charge in [0, 0.05) is 13.5 Å². The van der Waals surface area contributed by atoms with Crippen LogP contribution in [0, 0.1) is 0 Å². The van der Waals surface area contributed by atoms with Crippen LogP contribution in [-0.2, 0) is 4.74 Å². The van der Waals surface area contributed by atoms with Crippen molar-refractivity contribution in [2.45, 2.75) is 24.9 Å². The molecule has 74 valence electrons. The number of nitrogens with one attached hydrogen (secondary N) is 1. The highest BCUT2D eigenvalue weighted by Crippen LogP contribution is 2.03. The van der Waals surface area contributed by atoms with E-state index in [1.165, 1.54) is 7.11 Å². The molecule has 0 amide bonds. The summed E-state index contributed by atoms with van der Waals surface area (Å²) in [4.78, 5) is 0. The minimum atomic E-state index is -1.73. The zero-order valence-corrected chi connectivity index (χ0v) is 6.90. The summed E-state index contributed by atoms with van der Waals surface area (Å²) in [7, 11) is 1.41. The smallest absolute Gasteiger partial charge is 0.189 e. The van der Waals surface area contributed by atoms with Gasteiger partial charge in [0.2, 0.25) is 0 Å². The fourth-order valence-corrected chi connectivity index (χ4v) is 0.770. The Hall–Kier alpha value is -0.270. The van der Waals surface area contributed by atoms with E-state index in [9.17, 15) is 4.39 Å². The Bertz CT molecular complexity index is 117. The monoisotopic (exact) mass is 182 g/mol. The molecule has 0 aromatic heterocycles. The van der Waals surface area contributed by atoms with Gasteiger partial charge in [0.05, 0.1) is 12.7 Å². The number of alkyl halides is 1. The van der Waals surface area contributed by atoms with Gasteiger partial charge in [0.25, 0.3) is 0 Å². The lowest BCUT2D eigenvalue weighted by Gasteiger charge is -2.17. The minimum absolute atomic E-state index is 0.0638. The van der Waals surface area contributed by atoms with Crippen LogP contribution in [0.3, 0.4) is 0 Å². The van der Waals surface area contributed by atoms with Crippen LogP contribution in [0.15, 0.2) is 0 Å². The van der Waals surface area contributed by atoms with Gasteiger partial charge in [-0.1, -0.05) is 0 Å². The normalized spacial score (nSPS) is 18.8. The van der Waals surface area contributed by atoms with Crippen molar-refractivity contribution in [3.63, 3.8) is 0 Å². The van der Waals surface area contributed by atoms with Gasteiger partial charge in [-0.15, -0.1) is 0 Å². The highest BCUT2D eigenvalue weighted by Gasteiger charge is 2.19. The molecule has 0 heterocycles. The van der Waals surface area contributed by atoms with Crippen molar-refractivity contribution in [1.29, 1.82) is 0 Å². The molecule has 0 radical (unpaired) electrons. The van der Waals surface area contributed by atoms with Crippen molar-refractivity contribution in [2.75, 3.05) is 13.7 Å². The first-order valence-corrected chi connectivity index (χ1v) is 3.57. The number of aliphatic hydroxyl groups excluding tert-OH is 2. The molecule has 0 saturated heterocycles. The van der Waals surface area contributed by atoms with E-state index < -0.39 is 18.5 Å². The van der Waals surface area contributed by atoms with Crippen molar-refractivity contribution >= 4 is 0 Å². The van der Waals surface area contributed by atoms with Crippen LogP contribution in [0.25, 0.3) is 0 Å². The van der Waals surface area contributed by atoms with Crippen molar-refractivity contribution in [3.05, 3.63) is 0 Å². The molecular formula is C6H15FN2O3. The number of nitrogens with two attached hydrogens (primary N) is 1. The maximum Gasteiger partial charge on any atom is 0.189 e. The molecule has 6 heteroatoms. The standard InChI is InChI=1S/C6H15FN2O3/c1-12-3-4(10)2-5(11)6(7)9-8/h4-6,9-11H,2-3,8H2,1H3/t4?,5-,6?/m1/s1. The molecule has 0 saturated carbocycles. The molecule has 5 nitrogen and oxygen atoms in total. The average Bonchev–Trinajstić information content (AvgIpc) is 2.03. The van der Waals surface area contributed by atoms with Crippen molar-refractivity contribution in [1.82, 2.24) is 5.43 Å². The van der Waals surface area contributed by atoms with Gasteiger partial charge in [-0.05, 0) is 0 Å². The van der Waals surface area contributed by atoms with Crippen LogP contribution in [0.2, 0.25) is 0 Å². The Labute approximate surface area is 70.3 Å². The van der Waals surface area contributed by atoms with Gasteiger partial charge in [-0.3, -0.25) is 5.84 Å². The summed E-state index contributed by atoms with van der Waals surface area (Å²) in [6.45, 7) is 0.0638. The van der Waals surface area contributed by atoms with E-state index in [4.69, 9.17) is 16.1 Å². The third-order valence-electron chi connectivity index (χ3n) is 1.37. The van der Waals surface area contributed by atoms with Gasteiger partial charge < -0.3 is 14.9 Å². The molecule has 3 atom stereocenters. The van der Waals surface area contributed by atoms with E-state index in [0.717, 1.165) is 0 Å². The molecular weight excluding hydrogens is 167 g/mol. The first-order chi connectivity index (χ1) is 5.61. The molecule has 0 rings (SSSR count). The van der Waals surface area contributed by atoms with Crippen LogP contribution in [-0.4, -0.2) is 42.4 Å². The average molecular weight is 182 g/mol. The van der Waals surface area contributed by atoms with Crippen molar-refractivity contribution in [2.24, 2.45) is 5.84 Å². The highest BCUT2D eigenvalue weighted by atomic mass is 19.1. The lowest BCUT2D eigenvalue weighted by Crippen LogP contribution is -2.42. The fourth-order valence-electron chi connectivity index (χ4n) is 0.770. The summed E-state index contributed by atoms with van der Waals surface area (Å²) in [5.41, 5.74) is 1.74. The van der Waals surface area contributed by atoms with E-state index in [1.54, 1.807) is 5.43 Å². The summed E-state index contributed by atoms with van der Waals surface area (Å²) in [6, 6.07) is 0. The molecule has 2 unspecified atom stereocenters. The summed E-state index contributed by atoms with van der Waals surface area (Å²) in [5, 5.41) is 18.0.